The summed E-state index contributed by atoms with van der Waals surface area (Å²) in [6.07, 6.45) is 7.72. The molecular weight excluding hydrogens is 220 g/mol. The Hall–Kier alpha value is -0.180. The molecule has 1 rings (SSSR count). The van der Waals surface area contributed by atoms with E-state index in [-0.39, 0.29) is 12.8 Å². The van der Waals surface area contributed by atoms with Gasteiger partial charge in [-0.25, -0.2) is 8.78 Å². The predicted octanol–water partition coefficient (Wildman–Crippen LogP) is 4.47. The summed E-state index contributed by atoms with van der Waals surface area (Å²) in [7, 11) is 0. The number of alkyl halides is 2. The molecule has 1 heterocycles. The normalized spacial score (nSPS) is 22.6. The highest BCUT2D eigenvalue weighted by Gasteiger charge is 2.34. The lowest BCUT2D eigenvalue weighted by Crippen LogP contribution is -2.43. The SMILES string of the molecule is CCCCCCCC(C)N1CCC(F)(F)CC1. The minimum atomic E-state index is -2.41. The molecule has 1 atom stereocenters. The van der Waals surface area contributed by atoms with E-state index in [1.807, 2.05) is 0 Å². The molecule has 0 N–H and O–H groups in total. The maximum Gasteiger partial charge on any atom is 0.250 e. The Balaban J connectivity index is 2.10. The first-order valence-electron chi connectivity index (χ1n) is 7.17. The van der Waals surface area contributed by atoms with Gasteiger partial charge in [-0.05, 0) is 13.3 Å². The monoisotopic (exact) mass is 247 g/mol. The molecule has 3 heteroatoms. The van der Waals surface area contributed by atoms with Crippen molar-refractivity contribution in [3.8, 4) is 0 Å². The summed E-state index contributed by atoms with van der Waals surface area (Å²) >= 11 is 0. The third-order valence-corrected chi connectivity index (χ3v) is 3.88. The summed E-state index contributed by atoms with van der Waals surface area (Å²) in [6, 6.07) is 0.479. The van der Waals surface area contributed by atoms with Gasteiger partial charge in [0.05, 0.1) is 0 Å². The number of unbranched alkanes of at least 4 members (excludes halogenated alkanes) is 4. The molecule has 1 saturated heterocycles. The third kappa shape index (κ3) is 5.80. The van der Waals surface area contributed by atoms with Gasteiger partial charge in [-0.15, -0.1) is 0 Å². The van der Waals surface area contributed by atoms with Crippen molar-refractivity contribution < 1.29 is 8.78 Å². The Bertz CT molecular complexity index is 196. The van der Waals surface area contributed by atoms with Crippen LogP contribution in [0.2, 0.25) is 0 Å². The summed E-state index contributed by atoms with van der Waals surface area (Å²) in [6.45, 7) is 5.55. The highest BCUT2D eigenvalue weighted by molar-refractivity contribution is 4.80. The molecule has 0 radical (unpaired) electrons. The van der Waals surface area contributed by atoms with Gasteiger partial charge in [-0.1, -0.05) is 39.0 Å². The van der Waals surface area contributed by atoms with Gasteiger partial charge in [0, 0.05) is 32.0 Å². The largest absolute Gasteiger partial charge is 0.300 e. The zero-order valence-corrected chi connectivity index (χ0v) is 11.4. The second-order valence-electron chi connectivity index (χ2n) is 5.44. The lowest BCUT2D eigenvalue weighted by Gasteiger charge is -2.35. The fourth-order valence-corrected chi connectivity index (χ4v) is 2.52. The van der Waals surface area contributed by atoms with Crippen LogP contribution < -0.4 is 0 Å². The molecule has 1 aliphatic heterocycles. The first-order chi connectivity index (χ1) is 8.05. The van der Waals surface area contributed by atoms with Gasteiger partial charge in [-0.2, -0.15) is 0 Å². The van der Waals surface area contributed by atoms with Crippen molar-refractivity contribution >= 4 is 0 Å². The molecule has 1 aliphatic rings. The predicted molar refractivity (Wildman–Crippen MR) is 68.6 cm³/mol. The quantitative estimate of drug-likeness (QED) is 0.600. The van der Waals surface area contributed by atoms with E-state index in [0.29, 0.717) is 19.1 Å². The van der Waals surface area contributed by atoms with Crippen LogP contribution in [0.5, 0.6) is 0 Å². The Morgan fingerprint density at radius 3 is 2.24 bits per heavy atom. The summed E-state index contributed by atoms with van der Waals surface area (Å²) in [5, 5.41) is 0. The minimum absolute atomic E-state index is 0.0488. The number of hydrogen-bond donors (Lipinski definition) is 0. The van der Waals surface area contributed by atoms with Crippen molar-refractivity contribution in [1.82, 2.24) is 4.90 Å². The number of rotatable bonds is 7. The van der Waals surface area contributed by atoms with Gasteiger partial charge in [0.25, 0.3) is 5.92 Å². The molecule has 0 aromatic heterocycles. The van der Waals surface area contributed by atoms with E-state index in [0.717, 1.165) is 6.42 Å². The van der Waals surface area contributed by atoms with Crippen molar-refractivity contribution in [2.24, 2.45) is 0 Å². The van der Waals surface area contributed by atoms with Crippen LogP contribution in [0.3, 0.4) is 0 Å². The molecule has 17 heavy (non-hydrogen) atoms. The van der Waals surface area contributed by atoms with Gasteiger partial charge in [-0.3, -0.25) is 0 Å². The van der Waals surface area contributed by atoms with E-state index in [2.05, 4.69) is 18.7 Å². The van der Waals surface area contributed by atoms with Crippen LogP contribution in [0.25, 0.3) is 0 Å². The molecule has 0 saturated carbocycles. The van der Waals surface area contributed by atoms with Crippen molar-refractivity contribution in [2.75, 3.05) is 13.1 Å². The van der Waals surface area contributed by atoms with Gasteiger partial charge >= 0.3 is 0 Å². The smallest absolute Gasteiger partial charge is 0.250 e. The van der Waals surface area contributed by atoms with Crippen LogP contribution in [0.15, 0.2) is 0 Å². The fraction of sp³-hybridized carbons (Fsp3) is 1.00. The fourth-order valence-electron chi connectivity index (χ4n) is 2.52. The van der Waals surface area contributed by atoms with Crippen molar-refractivity contribution in [1.29, 1.82) is 0 Å². The summed E-state index contributed by atoms with van der Waals surface area (Å²) < 4.78 is 26.0. The van der Waals surface area contributed by atoms with Gasteiger partial charge in [0.15, 0.2) is 0 Å². The lowest BCUT2D eigenvalue weighted by atomic mass is 10.0. The van der Waals surface area contributed by atoms with Crippen LogP contribution in [-0.4, -0.2) is 30.0 Å². The Morgan fingerprint density at radius 1 is 1.06 bits per heavy atom. The molecular formula is C14H27F2N. The van der Waals surface area contributed by atoms with E-state index in [1.165, 1.54) is 32.1 Å². The Kier molecular flexibility index (Phi) is 6.39. The van der Waals surface area contributed by atoms with Crippen LogP contribution in [0.4, 0.5) is 8.78 Å². The average molecular weight is 247 g/mol. The van der Waals surface area contributed by atoms with E-state index in [4.69, 9.17) is 0 Å². The molecule has 0 amide bonds. The molecule has 102 valence electrons. The Morgan fingerprint density at radius 2 is 1.65 bits per heavy atom. The highest BCUT2D eigenvalue weighted by atomic mass is 19.3. The number of hydrogen-bond acceptors (Lipinski definition) is 1. The maximum atomic E-state index is 13.0. The van der Waals surface area contributed by atoms with Crippen LogP contribution in [0, 0.1) is 0 Å². The first-order valence-corrected chi connectivity index (χ1v) is 7.17. The Labute approximate surface area is 105 Å². The van der Waals surface area contributed by atoms with E-state index in [9.17, 15) is 8.78 Å². The molecule has 0 aliphatic carbocycles. The molecule has 1 nitrogen and oxygen atoms in total. The second-order valence-corrected chi connectivity index (χ2v) is 5.44. The lowest BCUT2D eigenvalue weighted by molar-refractivity contribution is -0.0623. The summed E-state index contributed by atoms with van der Waals surface area (Å²) in [4.78, 5) is 2.23. The van der Waals surface area contributed by atoms with Gasteiger partial charge < -0.3 is 4.90 Å². The standard InChI is InChI=1S/C14H27F2N/c1-3-4-5-6-7-8-13(2)17-11-9-14(15,16)10-12-17/h13H,3-12H2,1-2H3. The van der Waals surface area contributed by atoms with E-state index in [1.54, 1.807) is 0 Å². The van der Waals surface area contributed by atoms with Crippen molar-refractivity contribution in [3.63, 3.8) is 0 Å². The maximum absolute atomic E-state index is 13.0. The molecule has 1 unspecified atom stereocenters. The summed E-state index contributed by atoms with van der Waals surface area (Å²) in [5.74, 6) is -2.41. The first kappa shape index (κ1) is 14.9. The zero-order valence-electron chi connectivity index (χ0n) is 11.4. The van der Waals surface area contributed by atoms with Crippen LogP contribution in [-0.2, 0) is 0 Å². The molecule has 1 fully saturated rings. The van der Waals surface area contributed by atoms with Crippen molar-refractivity contribution in [3.05, 3.63) is 0 Å². The molecule has 0 bridgehead atoms. The van der Waals surface area contributed by atoms with E-state index < -0.39 is 5.92 Å². The van der Waals surface area contributed by atoms with Gasteiger partial charge in [0.2, 0.25) is 0 Å². The average Bonchev–Trinajstić information content (AvgIpc) is 2.28. The molecule has 0 aromatic carbocycles. The topological polar surface area (TPSA) is 3.24 Å². The number of likely N-dealkylation sites (tertiary alicyclic amines) is 1. The molecule has 0 aromatic rings. The highest BCUT2D eigenvalue weighted by Crippen LogP contribution is 2.29. The second kappa shape index (κ2) is 7.30. The minimum Gasteiger partial charge on any atom is -0.300 e. The zero-order chi connectivity index (χ0) is 12.7. The van der Waals surface area contributed by atoms with Crippen molar-refractivity contribution in [2.45, 2.75) is 77.2 Å². The number of halogens is 2. The number of nitrogens with zero attached hydrogens (tertiary/aromatic N) is 1. The summed E-state index contributed by atoms with van der Waals surface area (Å²) in [5.41, 5.74) is 0. The third-order valence-electron chi connectivity index (χ3n) is 3.88. The molecule has 0 spiro atoms. The number of piperidine rings is 1. The van der Waals surface area contributed by atoms with Crippen LogP contribution in [0.1, 0.15) is 65.2 Å². The van der Waals surface area contributed by atoms with E-state index >= 15 is 0 Å². The van der Waals surface area contributed by atoms with Gasteiger partial charge in [0.1, 0.15) is 0 Å². The van der Waals surface area contributed by atoms with Crippen LogP contribution >= 0.6 is 0 Å².